The zero-order valence-electron chi connectivity index (χ0n) is 20.3. The lowest BCUT2D eigenvalue weighted by Gasteiger charge is -2.30. The van der Waals surface area contributed by atoms with Crippen molar-refractivity contribution in [1.29, 1.82) is 0 Å². The number of carbonyl (C=O) groups excluding carboxylic acids is 4. The third kappa shape index (κ3) is 9.27. The van der Waals surface area contributed by atoms with Crippen LogP contribution in [0.1, 0.15) is 27.7 Å². The van der Waals surface area contributed by atoms with Crippen molar-refractivity contribution in [3.8, 4) is 11.3 Å². The van der Waals surface area contributed by atoms with Crippen LogP contribution in [0.2, 0.25) is 5.02 Å². The second kappa shape index (κ2) is 13.5. The molecule has 3 atom stereocenters. The highest BCUT2D eigenvalue weighted by atomic mass is 35.5. The van der Waals surface area contributed by atoms with Crippen molar-refractivity contribution in [3.05, 3.63) is 34.7 Å². The first-order valence-corrected chi connectivity index (χ1v) is 11.9. The largest absolute Gasteiger partial charge is 0.462 e. The third-order valence-electron chi connectivity index (χ3n) is 4.36. The van der Waals surface area contributed by atoms with Crippen LogP contribution in [0, 0.1) is 0 Å². The molecule has 11 nitrogen and oxygen atoms in total. The number of ether oxygens (including phenoxy) is 4. The maximum Gasteiger partial charge on any atom is 0.303 e. The van der Waals surface area contributed by atoms with Gasteiger partial charge in [0.2, 0.25) is 5.13 Å². The molecule has 0 unspecified atom stereocenters. The molecule has 0 radical (unpaired) electrons. The van der Waals surface area contributed by atoms with Crippen LogP contribution in [0.15, 0.2) is 34.7 Å². The molecule has 2 rings (SSSR count). The van der Waals surface area contributed by atoms with Crippen molar-refractivity contribution in [3.63, 3.8) is 0 Å². The van der Waals surface area contributed by atoms with Crippen molar-refractivity contribution in [2.45, 2.75) is 46.0 Å². The maximum atomic E-state index is 11.8. The maximum absolute atomic E-state index is 11.8. The average Bonchev–Trinajstić information content (AvgIpc) is 3.28. The van der Waals surface area contributed by atoms with Crippen LogP contribution in [0.5, 0.6) is 0 Å². The lowest BCUT2D eigenvalue weighted by Crippen LogP contribution is -2.48. The zero-order valence-corrected chi connectivity index (χ0v) is 21.9. The summed E-state index contributed by atoms with van der Waals surface area (Å²) in [7, 11) is 1.62. The number of esters is 4. The van der Waals surface area contributed by atoms with E-state index in [9.17, 15) is 19.2 Å². The average molecular weight is 540 g/mol. The lowest BCUT2D eigenvalue weighted by atomic mass is 10.1. The van der Waals surface area contributed by atoms with Gasteiger partial charge in [-0.3, -0.25) is 19.2 Å². The Morgan fingerprint density at radius 1 is 1.00 bits per heavy atom. The third-order valence-corrected chi connectivity index (χ3v) is 5.52. The Balaban J connectivity index is 2.31. The quantitative estimate of drug-likeness (QED) is 0.181. The first kappa shape index (κ1) is 28.7. The van der Waals surface area contributed by atoms with Gasteiger partial charge in [-0.05, 0) is 12.1 Å². The Bertz CT molecular complexity index is 1110. The molecule has 13 heteroatoms. The minimum atomic E-state index is -1.35. The number of carbonyl (C=O) groups is 4. The fraction of sp³-hybridized carbons (Fsp3) is 0.391. The van der Waals surface area contributed by atoms with E-state index in [0.717, 1.165) is 33.3 Å². The summed E-state index contributed by atoms with van der Waals surface area (Å²) in [6.45, 7) is 4.14. The van der Waals surface area contributed by atoms with Gasteiger partial charge in [0.25, 0.3) is 0 Å². The van der Waals surface area contributed by atoms with Gasteiger partial charge in [-0.15, -0.1) is 11.3 Å². The fourth-order valence-corrected chi connectivity index (χ4v) is 3.79. The minimum absolute atomic E-state index is 0.439. The number of hydrogen-bond donors (Lipinski definition) is 0. The summed E-state index contributed by atoms with van der Waals surface area (Å²) >= 11 is 7.25. The highest BCUT2D eigenvalue weighted by molar-refractivity contribution is 7.14. The molecule has 194 valence electrons. The van der Waals surface area contributed by atoms with Crippen molar-refractivity contribution < 1.29 is 38.1 Å². The molecule has 1 aromatic carbocycles. The smallest absolute Gasteiger partial charge is 0.303 e. The van der Waals surface area contributed by atoms with Gasteiger partial charge >= 0.3 is 23.9 Å². The molecule has 0 fully saturated rings. The van der Waals surface area contributed by atoms with Gasteiger partial charge in [0.05, 0.1) is 11.9 Å². The number of hydrazone groups is 1. The summed E-state index contributed by atoms with van der Waals surface area (Å²) in [5.41, 5.74) is 1.57. The SMILES string of the molecule is CC(=O)OC[C@H](OC(C)=O)[C@H](OC(C)=O)[C@H](/C=N\N(C)c1nc(-c2ccc(Cl)cc2)cs1)OC(C)=O. The number of hydrogen-bond acceptors (Lipinski definition) is 12. The summed E-state index contributed by atoms with van der Waals surface area (Å²) in [5, 5.41) is 8.66. The van der Waals surface area contributed by atoms with Gasteiger partial charge in [0.1, 0.15) is 6.61 Å². The van der Waals surface area contributed by atoms with Crippen molar-refractivity contribution in [2.75, 3.05) is 18.7 Å². The minimum Gasteiger partial charge on any atom is -0.462 e. The molecule has 0 bridgehead atoms. The van der Waals surface area contributed by atoms with Gasteiger partial charge in [0, 0.05) is 50.7 Å². The highest BCUT2D eigenvalue weighted by Gasteiger charge is 2.37. The van der Waals surface area contributed by atoms with Crippen LogP contribution in [0.25, 0.3) is 11.3 Å². The van der Waals surface area contributed by atoms with Crippen LogP contribution in [-0.2, 0) is 38.1 Å². The Morgan fingerprint density at radius 2 is 1.61 bits per heavy atom. The van der Waals surface area contributed by atoms with Crippen LogP contribution in [0.4, 0.5) is 5.13 Å². The van der Waals surface area contributed by atoms with Crippen LogP contribution in [0.3, 0.4) is 0 Å². The van der Waals surface area contributed by atoms with Crippen LogP contribution in [-0.4, -0.2) is 67.0 Å². The molecule has 0 N–H and O–H groups in total. The van der Waals surface area contributed by atoms with E-state index in [0.29, 0.717) is 15.8 Å². The van der Waals surface area contributed by atoms with Gasteiger partial charge in [0.15, 0.2) is 18.3 Å². The van der Waals surface area contributed by atoms with E-state index >= 15 is 0 Å². The predicted octanol–water partition coefficient (Wildman–Crippen LogP) is 3.24. The van der Waals surface area contributed by atoms with Crippen molar-refractivity contribution in [2.24, 2.45) is 5.10 Å². The molecule has 1 aromatic heterocycles. The van der Waals surface area contributed by atoms with Gasteiger partial charge in [-0.1, -0.05) is 23.7 Å². The molecular formula is C23H26ClN3O8S. The summed E-state index contributed by atoms with van der Waals surface area (Å²) in [5.74, 6) is -2.82. The first-order chi connectivity index (χ1) is 17.0. The molecule has 1 heterocycles. The molecule has 0 spiro atoms. The Morgan fingerprint density at radius 3 is 2.17 bits per heavy atom. The summed E-state index contributed by atoms with van der Waals surface area (Å²) in [4.78, 5) is 51.1. The summed E-state index contributed by atoms with van der Waals surface area (Å²) in [6.07, 6.45) is -2.70. The Hall–Kier alpha value is -3.51. The number of thiazole rings is 1. The molecular weight excluding hydrogens is 514 g/mol. The number of benzene rings is 1. The van der Waals surface area contributed by atoms with E-state index < -0.39 is 48.8 Å². The first-order valence-electron chi connectivity index (χ1n) is 10.6. The zero-order chi connectivity index (χ0) is 26.8. The number of halogens is 1. The number of aromatic nitrogens is 1. The summed E-state index contributed by atoms with van der Waals surface area (Å²) in [6, 6.07) is 7.18. The normalized spacial score (nSPS) is 13.4. The fourth-order valence-electron chi connectivity index (χ4n) is 2.91. The van der Waals surface area contributed by atoms with Gasteiger partial charge in [-0.2, -0.15) is 5.10 Å². The standard InChI is InChI=1S/C23H26ClN3O8S/c1-13(28)32-11-21(34-15(3)30)22(35-16(4)31)20(33-14(2)29)10-25-27(5)23-26-19(12-36-23)17-6-8-18(24)9-7-17/h6-10,12,20-22H,11H2,1-5H3/b25-10-/t20-,21-,22+/m0/s1. The Labute approximate surface area is 216 Å². The number of rotatable bonds is 11. The van der Waals surface area contributed by atoms with Crippen LogP contribution >= 0.6 is 22.9 Å². The van der Waals surface area contributed by atoms with E-state index in [4.69, 9.17) is 30.5 Å². The van der Waals surface area contributed by atoms with Crippen molar-refractivity contribution >= 4 is 58.2 Å². The van der Waals surface area contributed by atoms with Crippen LogP contribution < -0.4 is 5.01 Å². The van der Waals surface area contributed by atoms with Crippen molar-refractivity contribution in [1.82, 2.24) is 4.98 Å². The molecule has 0 saturated heterocycles. The van der Waals surface area contributed by atoms with Gasteiger partial charge in [-0.25, -0.2) is 9.99 Å². The molecule has 0 aliphatic carbocycles. The van der Waals surface area contributed by atoms with Gasteiger partial charge < -0.3 is 18.9 Å². The van der Waals surface area contributed by atoms with E-state index in [1.54, 1.807) is 19.2 Å². The second-order valence-electron chi connectivity index (χ2n) is 7.41. The lowest BCUT2D eigenvalue weighted by molar-refractivity contribution is -0.183. The van der Waals surface area contributed by atoms with E-state index in [-0.39, 0.29) is 0 Å². The van der Waals surface area contributed by atoms with E-state index in [1.807, 2.05) is 17.5 Å². The molecule has 0 saturated carbocycles. The monoisotopic (exact) mass is 539 g/mol. The molecule has 0 aliphatic heterocycles. The second-order valence-corrected chi connectivity index (χ2v) is 8.68. The molecule has 0 amide bonds. The van der Waals surface area contributed by atoms with E-state index in [2.05, 4.69) is 10.1 Å². The number of nitrogens with zero attached hydrogens (tertiary/aromatic N) is 3. The molecule has 0 aliphatic rings. The predicted molar refractivity (Wildman–Crippen MR) is 133 cm³/mol. The topological polar surface area (TPSA) is 134 Å². The molecule has 2 aromatic rings. The number of anilines is 1. The molecule has 36 heavy (non-hydrogen) atoms. The summed E-state index contributed by atoms with van der Waals surface area (Å²) < 4.78 is 20.8. The Kier molecular flexibility index (Phi) is 10.8. The highest BCUT2D eigenvalue weighted by Crippen LogP contribution is 2.28. The van der Waals surface area contributed by atoms with E-state index in [1.165, 1.54) is 22.6 Å².